The summed E-state index contributed by atoms with van der Waals surface area (Å²) in [5.74, 6) is -0.109. The van der Waals surface area contributed by atoms with Crippen molar-refractivity contribution in [2.24, 2.45) is 0 Å². The molecule has 1 unspecified atom stereocenters. The number of hydrogen-bond acceptors (Lipinski definition) is 2. The van der Waals surface area contributed by atoms with Crippen molar-refractivity contribution in [3.05, 3.63) is 23.3 Å². The van der Waals surface area contributed by atoms with Gasteiger partial charge in [0.15, 0.2) is 0 Å². The molecule has 0 bridgehead atoms. The van der Waals surface area contributed by atoms with Crippen LogP contribution in [0.2, 0.25) is 0 Å². The number of alkyl halides is 3. The molecule has 1 aromatic rings. The van der Waals surface area contributed by atoms with Crippen LogP contribution in [-0.2, 0) is 12.6 Å². The van der Waals surface area contributed by atoms with Gasteiger partial charge in [0.05, 0.1) is 12.7 Å². The third-order valence-electron chi connectivity index (χ3n) is 2.66. The highest BCUT2D eigenvalue weighted by Gasteiger charge is 2.36. The number of halogens is 3. The molecule has 0 fully saturated rings. The first kappa shape index (κ1) is 11.1. The fraction of sp³-hybridized carbons (Fsp3) is 0.455. The Bertz CT molecular complexity index is 414. The van der Waals surface area contributed by atoms with E-state index in [-0.39, 0.29) is 11.8 Å². The lowest BCUT2D eigenvalue weighted by Crippen LogP contribution is -2.09. The predicted molar refractivity (Wildman–Crippen MR) is 54.8 cm³/mol. The van der Waals surface area contributed by atoms with Gasteiger partial charge in [-0.05, 0) is 31.0 Å². The van der Waals surface area contributed by atoms with Gasteiger partial charge in [0.2, 0.25) is 0 Å². The van der Waals surface area contributed by atoms with Gasteiger partial charge in [0.1, 0.15) is 5.75 Å². The second-order valence-electron chi connectivity index (χ2n) is 3.96. The Labute approximate surface area is 91.4 Å². The van der Waals surface area contributed by atoms with Gasteiger partial charge in [-0.1, -0.05) is 0 Å². The van der Waals surface area contributed by atoms with Crippen LogP contribution in [0.1, 0.15) is 18.1 Å². The lowest BCUT2D eigenvalue weighted by atomic mass is 10.1. The van der Waals surface area contributed by atoms with Crippen LogP contribution in [0.25, 0.3) is 0 Å². The summed E-state index contributed by atoms with van der Waals surface area (Å²) in [7, 11) is 1.25. The summed E-state index contributed by atoms with van der Waals surface area (Å²) in [6, 6.07) is 2.76. The number of fused-ring (bicyclic) bond motifs is 1. The summed E-state index contributed by atoms with van der Waals surface area (Å²) in [6.07, 6.45) is -3.66. The second kappa shape index (κ2) is 3.57. The highest BCUT2D eigenvalue weighted by atomic mass is 19.4. The summed E-state index contributed by atoms with van der Waals surface area (Å²) in [6.45, 7) is 1.93. The molecule has 0 saturated carbocycles. The van der Waals surface area contributed by atoms with E-state index in [0.717, 1.165) is 18.1 Å². The summed E-state index contributed by atoms with van der Waals surface area (Å²) >= 11 is 0. The summed E-state index contributed by atoms with van der Waals surface area (Å²) in [5.41, 5.74) is 0.702. The van der Waals surface area contributed by atoms with Crippen LogP contribution in [0, 0.1) is 0 Å². The average molecular weight is 231 g/mol. The quantitative estimate of drug-likeness (QED) is 0.802. The van der Waals surface area contributed by atoms with Crippen LogP contribution in [0.3, 0.4) is 0 Å². The van der Waals surface area contributed by atoms with Crippen molar-refractivity contribution < 1.29 is 17.9 Å². The zero-order valence-corrected chi connectivity index (χ0v) is 8.98. The third kappa shape index (κ3) is 1.81. The van der Waals surface area contributed by atoms with Crippen molar-refractivity contribution in [3.63, 3.8) is 0 Å². The number of anilines is 1. The number of ether oxygens (including phenoxy) is 1. The van der Waals surface area contributed by atoms with Crippen molar-refractivity contribution in [2.45, 2.75) is 25.6 Å². The number of hydrogen-bond donors (Lipinski definition) is 1. The van der Waals surface area contributed by atoms with E-state index in [2.05, 4.69) is 5.32 Å². The lowest BCUT2D eigenvalue weighted by molar-refractivity contribution is -0.138. The van der Waals surface area contributed by atoms with Gasteiger partial charge in [-0.3, -0.25) is 0 Å². The molecule has 0 radical (unpaired) electrons. The Kier molecular flexibility index (Phi) is 2.48. The van der Waals surface area contributed by atoms with E-state index >= 15 is 0 Å². The number of nitrogens with one attached hydrogen (secondary N) is 1. The molecule has 1 heterocycles. The van der Waals surface area contributed by atoms with E-state index in [1.807, 2.05) is 6.92 Å². The van der Waals surface area contributed by atoms with Crippen molar-refractivity contribution in [3.8, 4) is 5.75 Å². The van der Waals surface area contributed by atoms with Gasteiger partial charge in [-0.25, -0.2) is 0 Å². The van der Waals surface area contributed by atoms with Gasteiger partial charge < -0.3 is 10.1 Å². The average Bonchev–Trinajstić information content (AvgIpc) is 2.53. The largest absolute Gasteiger partial charge is 0.496 e. The summed E-state index contributed by atoms with van der Waals surface area (Å²) in [4.78, 5) is 0. The van der Waals surface area contributed by atoms with E-state index in [1.54, 1.807) is 0 Å². The monoisotopic (exact) mass is 231 g/mol. The molecule has 2 nitrogen and oxygen atoms in total. The fourth-order valence-electron chi connectivity index (χ4n) is 1.96. The minimum Gasteiger partial charge on any atom is -0.496 e. The molecule has 0 spiro atoms. The Morgan fingerprint density at radius 1 is 1.38 bits per heavy atom. The first-order chi connectivity index (χ1) is 7.41. The van der Waals surface area contributed by atoms with Crippen LogP contribution in [0.15, 0.2) is 12.1 Å². The zero-order valence-electron chi connectivity index (χ0n) is 8.98. The van der Waals surface area contributed by atoms with Gasteiger partial charge in [-0.15, -0.1) is 0 Å². The number of benzene rings is 1. The maximum absolute atomic E-state index is 12.7. The topological polar surface area (TPSA) is 21.3 Å². The van der Waals surface area contributed by atoms with Crippen LogP contribution in [0.4, 0.5) is 18.9 Å². The van der Waals surface area contributed by atoms with E-state index < -0.39 is 11.7 Å². The smallest absolute Gasteiger partial charge is 0.420 e. The molecule has 1 aliphatic rings. The molecule has 1 aromatic carbocycles. The normalized spacial score (nSPS) is 19.2. The molecule has 0 aromatic heterocycles. The maximum atomic E-state index is 12.7. The van der Waals surface area contributed by atoms with Crippen molar-refractivity contribution in [1.82, 2.24) is 0 Å². The molecule has 0 aliphatic carbocycles. The molecule has 88 valence electrons. The fourth-order valence-corrected chi connectivity index (χ4v) is 1.96. The highest BCUT2D eigenvalue weighted by molar-refractivity contribution is 5.62. The molecule has 1 aliphatic heterocycles. The van der Waals surface area contributed by atoms with Crippen molar-refractivity contribution in [1.29, 1.82) is 0 Å². The number of rotatable bonds is 1. The molecule has 16 heavy (non-hydrogen) atoms. The molecule has 1 atom stereocenters. The van der Waals surface area contributed by atoms with Gasteiger partial charge in [0, 0.05) is 11.7 Å². The summed E-state index contributed by atoms with van der Waals surface area (Å²) < 4.78 is 42.9. The molecule has 1 N–H and O–H groups in total. The van der Waals surface area contributed by atoms with E-state index in [0.29, 0.717) is 5.69 Å². The van der Waals surface area contributed by atoms with Crippen LogP contribution in [-0.4, -0.2) is 13.2 Å². The Hall–Kier alpha value is -1.39. The second-order valence-corrected chi connectivity index (χ2v) is 3.96. The maximum Gasteiger partial charge on any atom is 0.420 e. The Morgan fingerprint density at radius 3 is 2.62 bits per heavy atom. The highest BCUT2D eigenvalue weighted by Crippen LogP contribution is 2.41. The van der Waals surface area contributed by atoms with Crippen LogP contribution >= 0.6 is 0 Å². The molecule has 5 heteroatoms. The standard InChI is InChI=1S/C11H12F3NO/c1-6-3-7-4-10(16-2)8(11(12,13)14)5-9(7)15-6/h4-6,15H,3H2,1-2H3. The molecular weight excluding hydrogens is 219 g/mol. The SMILES string of the molecule is COc1cc2c(cc1C(F)(F)F)NC(C)C2. The van der Waals surface area contributed by atoms with Gasteiger partial charge >= 0.3 is 6.18 Å². The van der Waals surface area contributed by atoms with Crippen LogP contribution < -0.4 is 10.1 Å². The Morgan fingerprint density at radius 2 is 2.06 bits per heavy atom. The van der Waals surface area contributed by atoms with E-state index in [4.69, 9.17) is 4.74 Å². The third-order valence-corrected chi connectivity index (χ3v) is 2.66. The summed E-state index contributed by atoms with van der Waals surface area (Å²) in [5, 5.41) is 3.01. The predicted octanol–water partition coefficient (Wildman–Crippen LogP) is 3.07. The minimum absolute atomic E-state index is 0.109. The van der Waals surface area contributed by atoms with Crippen molar-refractivity contribution in [2.75, 3.05) is 12.4 Å². The Balaban J connectivity index is 2.51. The number of methoxy groups -OCH3 is 1. The molecule has 2 rings (SSSR count). The lowest BCUT2D eigenvalue weighted by Gasteiger charge is -2.13. The van der Waals surface area contributed by atoms with Gasteiger partial charge in [-0.2, -0.15) is 13.2 Å². The molecule has 0 saturated heterocycles. The van der Waals surface area contributed by atoms with E-state index in [9.17, 15) is 13.2 Å². The molecule has 0 amide bonds. The van der Waals surface area contributed by atoms with Gasteiger partial charge in [0.25, 0.3) is 0 Å². The molecular formula is C11H12F3NO. The zero-order chi connectivity index (χ0) is 11.9. The first-order valence-corrected chi connectivity index (χ1v) is 4.96. The first-order valence-electron chi connectivity index (χ1n) is 4.96. The van der Waals surface area contributed by atoms with E-state index in [1.165, 1.54) is 13.2 Å². The van der Waals surface area contributed by atoms with Crippen molar-refractivity contribution >= 4 is 5.69 Å². The van der Waals surface area contributed by atoms with Crippen LogP contribution in [0.5, 0.6) is 5.75 Å². The minimum atomic E-state index is -4.38.